The fourth-order valence-corrected chi connectivity index (χ4v) is 2.63. The van der Waals surface area contributed by atoms with Gasteiger partial charge in [-0.2, -0.15) is 0 Å². The monoisotopic (exact) mass is 353 g/mol. The van der Waals surface area contributed by atoms with Gasteiger partial charge in [-0.25, -0.2) is 4.79 Å². The highest BCUT2D eigenvalue weighted by molar-refractivity contribution is 5.83. The summed E-state index contributed by atoms with van der Waals surface area (Å²) >= 11 is 0. The van der Waals surface area contributed by atoms with Crippen molar-refractivity contribution in [3.05, 3.63) is 71.3 Å². The van der Waals surface area contributed by atoms with E-state index in [4.69, 9.17) is 0 Å². The Morgan fingerprint density at radius 1 is 0.923 bits per heavy atom. The first kappa shape index (κ1) is 19.5. The van der Waals surface area contributed by atoms with Crippen LogP contribution in [0.5, 0.6) is 0 Å². The second-order valence-electron chi connectivity index (χ2n) is 6.34. The molecule has 0 aliphatic heterocycles. The molecule has 0 spiro atoms. The first-order chi connectivity index (χ1) is 12.6. The van der Waals surface area contributed by atoms with Gasteiger partial charge in [-0.15, -0.1) is 0 Å². The van der Waals surface area contributed by atoms with Crippen molar-refractivity contribution in [1.82, 2.24) is 16.0 Å². The first-order valence-electron chi connectivity index (χ1n) is 8.97. The molecule has 5 nitrogen and oxygen atoms in total. The van der Waals surface area contributed by atoms with Gasteiger partial charge in [0.15, 0.2) is 0 Å². The number of aryl methyl sites for hydroxylation is 1. The van der Waals surface area contributed by atoms with Crippen molar-refractivity contribution < 1.29 is 9.59 Å². The largest absolute Gasteiger partial charge is 0.354 e. The Morgan fingerprint density at radius 2 is 1.62 bits per heavy atom. The summed E-state index contributed by atoms with van der Waals surface area (Å²) in [6, 6.07) is 17.7. The minimum Gasteiger partial charge on any atom is -0.354 e. The van der Waals surface area contributed by atoms with Crippen LogP contribution in [0.3, 0.4) is 0 Å². The molecule has 0 saturated carbocycles. The lowest BCUT2D eigenvalue weighted by atomic mass is 9.96. The zero-order valence-corrected chi connectivity index (χ0v) is 15.4. The lowest BCUT2D eigenvalue weighted by molar-refractivity contribution is -0.120. The van der Waals surface area contributed by atoms with Crippen LogP contribution in [0, 0.1) is 6.92 Å². The highest BCUT2D eigenvalue weighted by Gasteiger charge is 2.11. The molecule has 3 N–H and O–H groups in total. The van der Waals surface area contributed by atoms with Crippen molar-refractivity contribution in [3.8, 4) is 0 Å². The molecule has 138 valence electrons. The van der Waals surface area contributed by atoms with E-state index in [1.165, 1.54) is 11.1 Å². The van der Waals surface area contributed by atoms with Crippen molar-refractivity contribution in [2.45, 2.75) is 32.7 Å². The van der Waals surface area contributed by atoms with E-state index in [9.17, 15) is 9.59 Å². The van der Waals surface area contributed by atoms with Crippen LogP contribution in [0.4, 0.5) is 4.79 Å². The summed E-state index contributed by atoms with van der Waals surface area (Å²) in [5.41, 5.74) is 3.40. The van der Waals surface area contributed by atoms with E-state index in [1.807, 2.05) is 49.4 Å². The Bertz CT molecular complexity index is 699. The highest BCUT2D eigenvalue weighted by atomic mass is 16.2. The molecule has 0 radical (unpaired) electrons. The summed E-state index contributed by atoms with van der Waals surface area (Å²) in [7, 11) is 0. The van der Waals surface area contributed by atoms with E-state index in [0.717, 1.165) is 12.0 Å². The number of carbonyl (C=O) groups is 2. The van der Waals surface area contributed by atoms with E-state index < -0.39 is 0 Å². The summed E-state index contributed by atoms with van der Waals surface area (Å²) in [5.74, 6) is 0.0837. The molecule has 2 rings (SSSR count). The lowest BCUT2D eigenvalue weighted by Gasteiger charge is -2.16. The predicted octanol–water partition coefficient (Wildman–Crippen LogP) is 3.10. The van der Waals surface area contributed by atoms with Crippen molar-refractivity contribution >= 4 is 11.9 Å². The molecule has 2 aromatic rings. The van der Waals surface area contributed by atoms with Crippen LogP contribution in [0.2, 0.25) is 0 Å². The summed E-state index contributed by atoms with van der Waals surface area (Å²) < 4.78 is 0. The molecular formula is C21H27N3O2. The minimum atomic E-state index is -0.351. The Balaban J connectivity index is 1.67. The van der Waals surface area contributed by atoms with E-state index in [0.29, 0.717) is 13.1 Å². The summed E-state index contributed by atoms with van der Waals surface area (Å²) in [4.78, 5) is 23.8. The van der Waals surface area contributed by atoms with Crippen LogP contribution in [0.1, 0.15) is 36.0 Å². The van der Waals surface area contributed by atoms with E-state index in [1.54, 1.807) is 0 Å². The molecule has 0 fully saturated rings. The molecule has 1 unspecified atom stereocenters. The van der Waals surface area contributed by atoms with Crippen LogP contribution in [0.15, 0.2) is 54.6 Å². The van der Waals surface area contributed by atoms with Crippen LogP contribution >= 0.6 is 0 Å². The van der Waals surface area contributed by atoms with Crippen LogP contribution in [0.25, 0.3) is 0 Å². The van der Waals surface area contributed by atoms with Gasteiger partial charge in [-0.1, -0.05) is 67.1 Å². The van der Waals surface area contributed by atoms with Gasteiger partial charge in [0.05, 0.1) is 6.54 Å². The minimum absolute atomic E-state index is 0.0368. The summed E-state index contributed by atoms with van der Waals surface area (Å²) in [5, 5.41) is 8.22. The third-order valence-corrected chi connectivity index (χ3v) is 4.29. The van der Waals surface area contributed by atoms with Gasteiger partial charge in [0, 0.05) is 19.0 Å². The number of nitrogens with one attached hydrogen (secondary N) is 3. The SMILES string of the molecule is CCC(CNC(=O)CNC(=O)NCc1ccc(C)cc1)c1ccccc1. The van der Waals surface area contributed by atoms with Gasteiger partial charge in [-0.3, -0.25) is 4.79 Å². The van der Waals surface area contributed by atoms with Gasteiger partial charge in [0.2, 0.25) is 5.91 Å². The van der Waals surface area contributed by atoms with Crippen molar-refractivity contribution in [2.75, 3.05) is 13.1 Å². The first-order valence-corrected chi connectivity index (χ1v) is 8.97. The van der Waals surface area contributed by atoms with Crippen LogP contribution in [-0.2, 0) is 11.3 Å². The molecule has 0 aliphatic rings. The molecule has 0 heterocycles. The standard InChI is InChI=1S/C21H27N3O2/c1-3-18(19-7-5-4-6-8-19)14-22-20(25)15-24-21(26)23-13-17-11-9-16(2)10-12-17/h4-12,18H,3,13-15H2,1-2H3,(H,22,25)(H2,23,24,26). The maximum atomic E-state index is 12.0. The predicted molar refractivity (Wildman–Crippen MR) is 104 cm³/mol. The van der Waals surface area contributed by atoms with E-state index in [-0.39, 0.29) is 24.4 Å². The number of carbonyl (C=O) groups excluding carboxylic acids is 2. The molecule has 2 aromatic carbocycles. The molecule has 0 bridgehead atoms. The van der Waals surface area contributed by atoms with Gasteiger partial charge < -0.3 is 16.0 Å². The van der Waals surface area contributed by atoms with Crippen LogP contribution in [-0.4, -0.2) is 25.0 Å². The summed E-state index contributed by atoms with van der Waals surface area (Å²) in [6.07, 6.45) is 0.939. The number of rotatable bonds is 8. The second kappa shape index (κ2) is 10.2. The lowest BCUT2D eigenvalue weighted by Crippen LogP contribution is -2.42. The quantitative estimate of drug-likeness (QED) is 0.682. The maximum absolute atomic E-state index is 12.0. The number of hydrogen-bond donors (Lipinski definition) is 3. The zero-order valence-electron chi connectivity index (χ0n) is 15.4. The number of hydrogen-bond acceptors (Lipinski definition) is 2. The third kappa shape index (κ3) is 6.59. The molecule has 0 saturated heterocycles. The smallest absolute Gasteiger partial charge is 0.315 e. The van der Waals surface area contributed by atoms with Crippen molar-refractivity contribution in [3.63, 3.8) is 0 Å². The topological polar surface area (TPSA) is 70.2 Å². The molecule has 26 heavy (non-hydrogen) atoms. The van der Waals surface area contributed by atoms with E-state index in [2.05, 4.69) is 35.0 Å². The molecule has 5 heteroatoms. The molecule has 0 aliphatic carbocycles. The summed E-state index contributed by atoms with van der Waals surface area (Å²) in [6.45, 7) is 5.07. The molecule has 1 atom stereocenters. The Hall–Kier alpha value is -2.82. The molecule has 0 aromatic heterocycles. The zero-order chi connectivity index (χ0) is 18.8. The average Bonchev–Trinajstić information content (AvgIpc) is 2.67. The van der Waals surface area contributed by atoms with Crippen molar-refractivity contribution in [2.24, 2.45) is 0 Å². The fourth-order valence-electron chi connectivity index (χ4n) is 2.63. The molecular weight excluding hydrogens is 326 g/mol. The number of amides is 3. The van der Waals surface area contributed by atoms with E-state index >= 15 is 0 Å². The number of benzene rings is 2. The Labute approximate surface area is 155 Å². The third-order valence-electron chi connectivity index (χ3n) is 4.29. The number of urea groups is 1. The Morgan fingerprint density at radius 3 is 2.27 bits per heavy atom. The maximum Gasteiger partial charge on any atom is 0.315 e. The fraction of sp³-hybridized carbons (Fsp3) is 0.333. The average molecular weight is 353 g/mol. The van der Waals surface area contributed by atoms with Gasteiger partial charge in [0.25, 0.3) is 0 Å². The molecule has 3 amide bonds. The van der Waals surface area contributed by atoms with Gasteiger partial charge in [0.1, 0.15) is 0 Å². The van der Waals surface area contributed by atoms with Crippen LogP contribution < -0.4 is 16.0 Å². The van der Waals surface area contributed by atoms with Gasteiger partial charge in [-0.05, 0) is 24.5 Å². The second-order valence-corrected chi connectivity index (χ2v) is 6.34. The highest BCUT2D eigenvalue weighted by Crippen LogP contribution is 2.17. The van der Waals surface area contributed by atoms with Gasteiger partial charge >= 0.3 is 6.03 Å². The normalized spacial score (nSPS) is 11.5. The van der Waals surface area contributed by atoms with Crippen molar-refractivity contribution in [1.29, 1.82) is 0 Å². The Kier molecular flexibility index (Phi) is 7.68.